The Balaban J connectivity index is 6.59. The van der Waals surface area contributed by atoms with E-state index in [-0.39, 0.29) is 74.0 Å². The molecule has 0 aliphatic heterocycles. The summed E-state index contributed by atoms with van der Waals surface area (Å²) in [6, 6.07) is -10.4. The molecular weight excluding hydrogens is 903 g/mol. The molecule has 10 atom stereocenters. The summed E-state index contributed by atoms with van der Waals surface area (Å²) < 4.78 is 0. The van der Waals surface area contributed by atoms with Crippen molar-refractivity contribution in [3.8, 4) is 0 Å². The summed E-state index contributed by atoms with van der Waals surface area (Å²) in [5.41, 5.74) is 5.82. The van der Waals surface area contributed by atoms with Crippen LogP contribution >= 0.6 is 0 Å². The van der Waals surface area contributed by atoms with Crippen LogP contribution in [0.1, 0.15) is 156 Å². The third-order valence-corrected chi connectivity index (χ3v) is 11.3. The number of rotatable bonds is 32. The van der Waals surface area contributed by atoms with Gasteiger partial charge in [0.1, 0.15) is 54.4 Å². The van der Waals surface area contributed by atoms with Crippen LogP contribution in [0.5, 0.6) is 0 Å². The van der Waals surface area contributed by atoms with Crippen molar-refractivity contribution in [2.45, 2.75) is 217 Å². The first-order valence-electron chi connectivity index (χ1n) is 25.3. The highest BCUT2D eigenvalue weighted by Crippen LogP contribution is 2.16. The highest BCUT2D eigenvalue weighted by atomic mass is 16.4. The van der Waals surface area contributed by atoms with E-state index < -0.39 is 126 Å². The molecule has 0 aliphatic carbocycles. The van der Waals surface area contributed by atoms with Crippen LogP contribution in [0.15, 0.2) is 0 Å². The molecule has 8 amide bonds. The van der Waals surface area contributed by atoms with Gasteiger partial charge in [0.2, 0.25) is 47.3 Å². The Morgan fingerprint density at radius 1 is 0.329 bits per heavy atom. The van der Waals surface area contributed by atoms with Gasteiger partial charge >= 0.3 is 5.97 Å². The molecule has 0 aromatic rings. The number of carbonyl (C=O) groups excluding carboxylic acids is 8. The average Bonchev–Trinajstić information content (AvgIpc) is 3.20. The second-order valence-electron chi connectivity index (χ2n) is 22.2. The zero-order valence-electron chi connectivity index (χ0n) is 45.3. The Morgan fingerprint density at radius 2 is 0.529 bits per heavy atom. The van der Waals surface area contributed by atoms with E-state index in [4.69, 9.17) is 5.73 Å². The van der Waals surface area contributed by atoms with Crippen LogP contribution < -0.4 is 48.3 Å². The fraction of sp³-hybridized carbons (Fsp3) is 0.820. The van der Waals surface area contributed by atoms with E-state index in [1.54, 1.807) is 27.7 Å². The summed E-state index contributed by atoms with van der Waals surface area (Å²) >= 11 is 0. The molecule has 0 spiro atoms. The lowest BCUT2D eigenvalue weighted by atomic mass is 9.97. The van der Waals surface area contributed by atoms with Crippen molar-refractivity contribution < 1.29 is 53.4 Å². The molecule has 0 saturated carbocycles. The van der Waals surface area contributed by atoms with Gasteiger partial charge in [0, 0.05) is 0 Å². The number of carbonyl (C=O) groups is 9. The fourth-order valence-corrected chi connectivity index (χ4v) is 7.61. The molecular formula is C50H93N9O11. The molecule has 20 nitrogen and oxygen atoms in total. The normalized spacial score (nSPS) is 16.2. The number of hydrogen-bond acceptors (Lipinski definition) is 11. The minimum Gasteiger partial charge on any atom is -0.480 e. The summed E-state index contributed by atoms with van der Waals surface area (Å²) in [6.07, 6.45) is -0.157. The SMILES string of the molecule is CC(C)C[C@H](NC(=O)[C@@H](NC(=O)[C@H](CC(C)C)NC(=O)[C@H](CC(C)C)NC(=O)[C@H](CC(C)C)NC(=O)[C@H](CC(C)C)NC(=O)[C@@H](NC(=O)[C@H](CC(C)C)NC(=O)[C@@H](N)[C@@H](C)O)C(C)C)C(C)C)C(=O)O. The standard InChI is InChI=1S/C50H93N9O11/c1-24(2)18-33(53-44(63)35(20-26(5)6)56-48(67)40(30(13)14)58-46(65)37(22-28(9)10)55-47(66)39(51)32(17)60)42(61)52-34(19-25(3)4)43(62)54-36(21-27(7)8)45(64)59-41(31(15)16)49(68)57-38(50(69)70)23-29(11)12/h24-41,60H,18-23,51H2,1-17H3,(H,52,61)(H,53,63)(H,54,62)(H,55,66)(H,56,67)(H,57,68)(H,58,65)(H,59,64)(H,69,70)/t32-,33+,34+,35+,36+,37+,38+,39+,40+,41+/m1/s1. The van der Waals surface area contributed by atoms with Gasteiger partial charge in [0.05, 0.1) is 6.10 Å². The monoisotopic (exact) mass is 996 g/mol. The molecule has 12 N–H and O–H groups in total. The van der Waals surface area contributed by atoms with Gasteiger partial charge < -0.3 is 58.5 Å². The van der Waals surface area contributed by atoms with Crippen LogP contribution in [0, 0.1) is 47.3 Å². The Hall–Kier alpha value is -4.85. The number of carboxylic acid groups (broad SMARTS) is 1. The van der Waals surface area contributed by atoms with E-state index in [9.17, 15) is 53.4 Å². The third-order valence-electron chi connectivity index (χ3n) is 11.3. The molecule has 0 heterocycles. The van der Waals surface area contributed by atoms with Gasteiger partial charge in [-0.15, -0.1) is 0 Å². The van der Waals surface area contributed by atoms with E-state index in [0.717, 1.165) is 0 Å². The first-order chi connectivity index (χ1) is 32.2. The molecule has 0 unspecified atom stereocenters. The smallest absolute Gasteiger partial charge is 0.326 e. The van der Waals surface area contributed by atoms with Crippen LogP contribution in [0.4, 0.5) is 0 Å². The highest BCUT2D eigenvalue weighted by molar-refractivity contribution is 5.98. The maximum atomic E-state index is 14.2. The number of aliphatic hydroxyl groups excluding tert-OH is 1. The van der Waals surface area contributed by atoms with Crippen molar-refractivity contribution in [1.82, 2.24) is 42.5 Å². The molecule has 0 radical (unpaired) electrons. The molecule has 0 bridgehead atoms. The summed E-state index contributed by atoms with van der Waals surface area (Å²) in [7, 11) is 0. The number of carboxylic acids is 1. The number of aliphatic carboxylic acids is 1. The van der Waals surface area contributed by atoms with Gasteiger partial charge in [0.15, 0.2) is 0 Å². The molecule has 0 aromatic heterocycles. The summed E-state index contributed by atoms with van der Waals surface area (Å²) in [4.78, 5) is 122. The fourth-order valence-electron chi connectivity index (χ4n) is 7.61. The average molecular weight is 996 g/mol. The first-order valence-corrected chi connectivity index (χ1v) is 25.3. The minimum absolute atomic E-state index is 0.0304. The minimum atomic E-state index is -1.29. The number of hydrogen-bond donors (Lipinski definition) is 11. The number of nitrogens with two attached hydrogens (primary N) is 1. The summed E-state index contributed by atoms with van der Waals surface area (Å²) in [5, 5.41) is 41.3. The van der Waals surface area contributed by atoms with Gasteiger partial charge in [-0.2, -0.15) is 0 Å². The van der Waals surface area contributed by atoms with Crippen LogP contribution in [-0.2, 0) is 43.2 Å². The second kappa shape index (κ2) is 31.5. The lowest BCUT2D eigenvalue weighted by Crippen LogP contribution is -2.61. The number of aliphatic hydroxyl groups is 1. The zero-order chi connectivity index (χ0) is 54.5. The number of nitrogens with one attached hydrogen (secondary N) is 8. The summed E-state index contributed by atoms with van der Waals surface area (Å²) in [5.74, 6) is -8.08. The predicted octanol–water partition coefficient (Wildman–Crippen LogP) is 2.25. The molecule has 0 fully saturated rings. The summed E-state index contributed by atoms with van der Waals surface area (Å²) in [6.45, 7) is 30.4. The molecule has 0 aromatic carbocycles. The van der Waals surface area contributed by atoms with Gasteiger partial charge in [-0.3, -0.25) is 38.4 Å². The largest absolute Gasteiger partial charge is 0.480 e. The maximum Gasteiger partial charge on any atom is 0.326 e. The van der Waals surface area contributed by atoms with Gasteiger partial charge in [-0.25, -0.2) is 4.79 Å². The van der Waals surface area contributed by atoms with Crippen molar-refractivity contribution >= 4 is 53.2 Å². The molecule has 0 saturated heterocycles. The topological polar surface area (TPSA) is 316 Å². The van der Waals surface area contributed by atoms with E-state index in [0.29, 0.717) is 0 Å². The van der Waals surface area contributed by atoms with Gasteiger partial charge in [-0.1, -0.05) is 111 Å². The molecule has 404 valence electrons. The molecule has 0 rings (SSSR count). The lowest BCUT2D eigenvalue weighted by Gasteiger charge is -2.30. The lowest BCUT2D eigenvalue weighted by molar-refractivity contribution is -0.143. The van der Waals surface area contributed by atoms with Crippen LogP contribution in [0.25, 0.3) is 0 Å². The quantitative estimate of drug-likeness (QED) is 0.0463. The van der Waals surface area contributed by atoms with Crippen LogP contribution in [-0.4, -0.2) is 124 Å². The molecule has 70 heavy (non-hydrogen) atoms. The van der Waals surface area contributed by atoms with Crippen molar-refractivity contribution in [2.75, 3.05) is 0 Å². The molecule has 20 heteroatoms. The van der Waals surface area contributed by atoms with Crippen molar-refractivity contribution in [3.05, 3.63) is 0 Å². The predicted molar refractivity (Wildman–Crippen MR) is 269 cm³/mol. The highest BCUT2D eigenvalue weighted by Gasteiger charge is 2.37. The van der Waals surface area contributed by atoms with Crippen LogP contribution in [0.2, 0.25) is 0 Å². The number of amides is 8. The van der Waals surface area contributed by atoms with Crippen molar-refractivity contribution in [1.29, 1.82) is 0 Å². The van der Waals surface area contributed by atoms with Gasteiger partial charge in [0.25, 0.3) is 0 Å². The first kappa shape index (κ1) is 65.1. The third kappa shape index (κ3) is 24.8. The van der Waals surface area contributed by atoms with Crippen molar-refractivity contribution in [3.63, 3.8) is 0 Å². The van der Waals surface area contributed by atoms with E-state index in [1.165, 1.54) is 6.92 Å². The Labute approximate surface area is 417 Å². The van der Waals surface area contributed by atoms with Crippen molar-refractivity contribution in [2.24, 2.45) is 53.1 Å². The maximum absolute atomic E-state index is 14.2. The van der Waals surface area contributed by atoms with E-state index >= 15 is 0 Å². The second-order valence-corrected chi connectivity index (χ2v) is 22.2. The zero-order valence-corrected chi connectivity index (χ0v) is 45.3. The Bertz CT molecular complexity index is 1720. The van der Waals surface area contributed by atoms with E-state index in [1.807, 2.05) is 83.1 Å². The molecule has 0 aliphatic rings. The van der Waals surface area contributed by atoms with Gasteiger partial charge in [-0.05, 0) is 92.8 Å². The van der Waals surface area contributed by atoms with Crippen LogP contribution in [0.3, 0.4) is 0 Å². The Morgan fingerprint density at radius 3 is 0.743 bits per heavy atom. The Kier molecular flexibility index (Phi) is 29.3. The van der Waals surface area contributed by atoms with E-state index in [2.05, 4.69) is 42.5 Å².